The van der Waals surface area contributed by atoms with Crippen LogP contribution in [-0.4, -0.2) is 46.9 Å². The summed E-state index contributed by atoms with van der Waals surface area (Å²) in [4.78, 5) is 31.2. The predicted octanol–water partition coefficient (Wildman–Crippen LogP) is 3.80. The number of aryl methyl sites for hydroxylation is 1. The van der Waals surface area contributed by atoms with Crippen LogP contribution in [0.2, 0.25) is 0 Å². The Balaban J connectivity index is 1.43. The molecule has 4 rings (SSSR count). The highest BCUT2D eigenvalue weighted by Gasteiger charge is 2.31. The highest BCUT2D eigenvalue weighted by Crippen LogP contribution is 2.22. The molecular weight excluding hydrogens is 483 g/mol. The molecule has 1 aromatic heterocycles. The Kier molecular flexibility index (Phi) is 9.43. The Morgan fingerprint density at radius 1 is 1.18 bits per heavy atom. The minimum absolute atomic E-state index is 0.00259. The number of nitrogens with one attached hydrogen (secondary N) is 2. The van der Waals surface area contributed by atoms with Crippen LogP contribution in [0.15, 0.2) is 67.0 Å². The van der Waals surface area contributed by atoms with Gasteiger partial charge in [0.1, 0.15) is 18.2 Å². The fourth-order valence-electron chi connectivity index (χ4n) is 4.88. The number of aromatic nitrogens is 1. The monoisotopic (exact) mass is 518 g/mol. The van der Waals surface area contributed by atoms with E-state index in [2.05, 4.69) is 22.5 Å². The molecule has 2 heterocycles. The smallest absolute Gasteiger partial charge is 0.240 e. The second-order valence-electron chi connectivity index (χ2n) is 9.67. The number of hydrogen-bond donors (Lipinski definition) is 2. The molecule has 0 spiro atoms. The molecule has 2 atom stereocenters. The largest absolute Gasteiger partial charge is 0.489 e. The Bertz CT molecular complexity index is 1240. The van der Waals surface area contributed by atoms with E-state index in [1.165, 1.54) is 19.1 Å². The molecule has 2 N–H and O–H groups in total. The highest BCUT2D eigenvalue weighted by molar-refractivity contribution is 5.83. The fourth-order valence-corrected chi connectivity index (χ4v) is 4.88. The molecule has 38 heavy (non-hydrogen) atoms. The zero-order chi connectivity index (χ0) is 26.9. The summed E-state index contributed by atoms with van der Waals surface area (Å²) in [6.45, 7) is 5.65. The third-order valence-electron chi connectivity index (χ3n) is 6.72. The summed E-state index contributed by atoms with van der Waals surface area (Å²) in [6.07, 6.45) is 5.13. The van der Waals surface area contributed by atoms with Gasteiger partial charge in [0.15, 0.2) is 0 Å². The third kappa shape index (κ3) is 7.61. The first-order chi connectivity index (χ1) is 18.4. The number of pyridine rings is 1. The number of benzene rings is 2. The van der Waals surface area contributed by atoms with Crippen molar-refractivity contribution in [2.24, 2.45) is 0 Å². The van der Waals surface area contributed by atoms with Crippen molar-refractivity contribution in [1.29, 1.82) is 0 Å². The summed E-state index contributed by atoms with van der Waals surface area (Å²) in [7, 11) is 0. The molecule has 2 amide bonds. The topological polar surface area (TPSA) is 83.6 Å². The molecule has 7 nitrogen and oxygen atoms in total. The van der Waals surface area contributed by atoms with Crippen LogP contribution >= 0.6 is 0 Å². The van der Waals surface area contributed by atoms with Crippen molar-refractivity contribution >= 4 is 11.8 Å². The molecule has 0 aliphatic carbocycles. The Hall–Kier alpha value is -3.78. The van der Waals surface area contributed by atoms with Crippen LogP contribution in [0.4, 0.5) is 4.39 Å². The van der Waals surface area contributed by atoms with Crippen LogP contribution in [0.25, 0.3) is 0 Å². The van der Waals surface area contributed by atoms with Crippen molar-refractivity contribution in [1.82, 2.24) is 20.5 Å². The summed E-state index contributed by atoms with van der Waals surface area (Å²) in [5.41, 5.74) is 3.85. The van der Waals surface area contributed by atoms with Crippen LogP contribution in [0.5, 0.6) is 5.75 Å². The van der Waals surface area contributed by atoms with E-state index >= 15 is 0 Å². The van der Waals surface area contributed by atoms with Gasteiger partial charge in [-0.25, -0.2) is 4.39 Å². The van der Waals surface area contributed by atoms with Gasteiger partial charge in [-0.05, 0) is 59.7 Å². The average molecular weight is 519 g/mol. The minimum Gasteiger partial charge on any atom is -0.489 e. The fraction of sp³-hybridized carbons (Fsp3) is 0.367. The molecule has 1 fully saturated rings. The molecule has 3 aromatic rings. The number of rotatable bonds is 11. The molecule has 0 unspecified atom stereocenters. The van der Waals surface area contributed by atoms with Gasteiger partial charge in [0.2, 0.25) is 11.8 Å². The van der Waals surface area contributed by atoms with Crippen molar-refractivity contribution in [3.8, 4) is 5.75 Å². The molecule has 8 heteroatoms. The Morgan fingerprint density at radius 3 is 2.76 bits per heavy atom. The molecule has 2 aromatic carbocycles. The molecule has 200 valence electrons. The second-order valence-corrected chi connectivity index (χ2v) is 9.67. The Labute approximate surface area is 223 Å². The van der Waals surface area contributed by atoms with E-state index in [0.29, 0.717) is 50.4 Å². The lowest BCUT2D eigenvalue weighted by Crippen LogP contribution is -2.56. The molecule has 1 aliphatic heterocycles. The van der Waals surface area contributed by atoms with Crippen LogP contribution in [0.1, 0.15) is 42.5 Å². The van der Waals surface area contributed by atoms with Crippen molar-refractivity contribution in [2.75, 3.05) is 13.1 Å². The number of carbonyl (C=O) groups excluding carboxylic acids is 2. The first kappa shape index (κ1) is 27.3. The van der Waals surface area contributed by atoms with E-state index in [4.69, 9.17) is 4.74 Å². The second kappa shape index (κ2) is 13.1. The van der Waals surface area contributed by atoms with E-state index in [1.807, 2.05) is 47.5 Å². The first-order valence-electron chi connectivity index (χ1n) is 13.1. The Morgan fingerprint density at radius 2 is 2.00 bits per heavy atom. The number of piperazine rings is 1. The van der Waals surface area contributed by atoms with Gasteiger partial charge in [-0.2, -0.15) is 0 Å². The molecule has 1 aliphatic rings. The van der Waals surface area contributed by atoms with Gasteiger partial charge in [0, 0.05) is 51.1 Å². The molecule has 0 bridgehead atoms. The van der Waals surface area contributed by atoms with E-state index in [1.54, 1.807) is 12.3 Å². The van der Waals surface area contributed by atoms with Gasteiger partial charge < -0.3 is 20.3 Å². The van der Waals surface area contributed by atoms with E-state index in [-0.39, 0.29) is 17.9 Å². The summed E-state index contributed by atoms with van der Waals surface area (Å²) in [6, 6.07) is 15.6. The number of hydrogen-bond acceptors (Lipinski definition) is 5. The average Bonchev–Trinajstić information content (AvgIpc) is 2.90. The first-order valence-corrected chi connectivity index (χ1v) is 13.1. The normalized spacial score (nSPS) is 16.2. The minimum atomic E-state index is -0.437. The number of ether oxygens (including phenoxy) is 1. The summed E-state index contributed by atoms with van der Waals surface area (Å²) < 4.78 is 20.5. The number of amides is 2. The lowest BCUT2D eigenvalue weighted by Gasteiger charge is -2.35. The predicted molar refractivity (Wildman–Crippen MR) is 144 cm³/mol. The molecule has 0 saturated carbocycles. The number of halogens is 1. The highest BCUT2D eigenvalue weighted by atomic mass is 19.1. The van der Waals surface area contributed by atoms with Crippen LogP contribution in [0.3, 0.4) is 0 Å². The number of nitrogens with zero attached hydrogens (tertiary/aromatic N) is 2. The maximum absolute atomic E-state index is 14.5. The van der Waals surface area contributed by atoms with Crippen molar-refractivity contribution in [3.63, 3.8) is 0 Å². The SMILES string of the molecule is CCc1cnccc1COc1cc(F)cc(C[C@@H](C[C@@H]2NCCN(Cc3ccccc3)C2=O)NC(C)=O)c1. The van der Waals surface area contributed by atoms with Gasteiger partial charge in [0.05, 0.1) is 6.04 Å². The zero-order valence-corrected chi connectivity index (χ0v) is 22.0. The van der Waals surface area contributed by atoms with Crippen molar-refractivity contribution in [2.45, 2.75) is 58.3 Å². The summed E-state index contributed by atoms with van der Waals surface area (Å²) in [5.74, 6) is -0.188. The van der Waals surface area contributed by atoms with E-state index in [9.17, 15) is 14.0 Å². The third-order valence-corrected chi connectivity index (χ3v) is 6.72. The summed E-state index contributed by atoms with van der Waals surface area (Å²) >= 11 is 0. The van der Waals surface area contributed by atoms with Crippen molar-refractivity contribution in [3.05, 3.63) is 95.1 Å². The van der Waals surface area contributed by atoms with E-state index < -0.39 is 11.9 Å². The quantitative estimate of drug-likeness (QED) is 0.404. The van der Waals surface area contributed by atoms with Gasteiger partial charge in [-0.3, -0.25) is 14.6 Å². The zero-order valence-electron chi connectivity index (χ0n) is 22.0. The van der Waals surface area contributed by atoms with Crippen molar-refractivity contribution < 1.29 is 18.7 Å². The standard InChI is InChI=1S/C30H35FN4O3/c1-3-24-18-32-10-9-25(24)20-38-28-15-23(13-26(31)16-28)14-27(34-21(2)36)17-29-30(37)35(12-11-33-29)19-22-7-5-4-6-8-22/h4-10,13,15-16,18,27,29,33H,3,11-12,14,17,19-20H2,1-2H3,(H,34,36)/t27-,29-/m0/s1. The van der Waals surface area contributed by atoms with Gasteiger partial charge >= 0.3 is 0 Å². The molecular formula is C30H35FN4O3. The van der Waals surface area contributed by atoms with Crippen LogP contribution in [-0.2, 0) is 35.6 Å². The van der Waals surface area contributed by atoms with Gasteiger partial charge in [-0.1, -0.05) is 37.3 Å². The van der Waals surface area contributed by atoms with Gasteiger partial charge in [0.25, 0.3) is 0 Å². The van der Waals surface area contributed by atoms with E-state index in [0.717, 1.165) is 23.1 Å². The molecule has 0 radical (unpaired) electrons. The van der Waals surface area contributed by atoms with Crippen LogP contribution < -0.4 is 15.4 Å². The number of carbonyl (C=O) groups is 2. The van der Waals surface area contributed by atoms with Crippen LogP contribution in [0, 0.1) is 5.82 Å². The summed E-state index contributed by atoms with van der Waals surface area (Å²) in [5, 5.41) is 6.25. The molecule has 1 saturated heterocycles. The van der Waals surface area contributed by atoms with Gasteiger partial charge in [-0.15, -0.1) is 0 Å². The maximum Gasteiger partial charge on any atom is 0.240 e. The lowest BCUT2D eigenvalue weighted by molar-refractivity contribution is -0.137. The lowest BCUT2D eigenvalue weighted by atomic mass is 9.97. The maximum atomic E-state index is 14.5.